The third-order valence-electron chi connectivity index (χ3n) is 2.90. The van der Waals surface area contributed by atoms with Crippen LogP contribution in [0.25, 0.3) is 11.1 Å². The van der Waals surface area contributed by atoms with Crippen LogP contribution in [0.2, 0.25) is 0 Å². The molecule has 0 unspecified atom stereocenters. The van der Waals surface area contributed by atoms with Gasteiger partial charge in [0.2, 0.25) is 0 Å². The molecule has 92 valence electrons. The van der Waals surface area contributed by atoms with Gasteiger partial charge in [-0.05, 0) is 35.2 Å². The number of hydrogen-bond acceptors (Lipinski definition) is 1. The number of hydrogen-bond donors (Lipinski definition) is 1. The number of carbonyl (C=O) groups is 1. The van der Waals surface area contributed by atoms with Gasteiger partial charge in [-0.15, -0.1) is 0 Å². The molecule has 0 spiro atoms. The van der Waals surface area contributed by atoms with Crippen molar-refractivity contribution in [3.05, 3.63) is 59.2 Å². The average molecular weight is 305 g/mol. The van der Waals surface area contributed by atoms with Gasteiger partial charge < -0.3 is 5.11 Å². The second-order valence-electron chi connectivity index (χ2n) is 4.13. The molecule has 0 aliphatic rings. The molecule has 0 atom stereocenters. The Morgan fingerprint density at radius 1 is 1.17 bits per heavy atom. The molecule has 0 saturated heterocycles. The Kier molecular flexibility index (Phi) is 3.82. The highest BCUT2D eigenvalue weighted by molar-refractivity contribution is 9.08. The lowest BCUT2D eigenvalue weighted by Gasteiger charge is -2.10. The first-order valence-corrected chi connectivity index (χ1v) is 6.74. The third kappa shape index (κ3) is 2.46. The van der Waals surface area contributed by atoms with Crippen molar-refractivity contribution in [3.63, 3.8) is 0 Å². The van der Waals surface area contributed by atoms with Crippen molar-refractivity contribution >= 4 is 21.9 Å². The summed E-state index contributed by atoms with van der Waals surface area (Å²) in [5.74, 6) is -0.893. The Hall–Kier alpha value is -1.61. The van der Waals surface area contributed by atoms with E-state index in [4.69, 9.17) is 0 Å². The van der Waals surface area contributed by atoms with Gasteiger partial charge in [0, 0.05) is 5.33 Å². The van der Waals surface area contributed by atoms with E-state index in [0.717, 1.165) is 22.3 Å². The summed E-state index contributed by atoms with van der Waals surface area (Å²) in [7, 11) is 0. The van der Waals surface area contributed by atoms with Crippen LogP contribution in [0.4, 0.5) is 0 Å². The summed E-state index contributed by atoms with van der Waals surface area (Å²) in [6, 6.07) is 13.4. The van der Waals surface area contributed by atoms with Crippen molar-refractivity contribution in [2.75, 3.05) is 0 Å². The molecule has 0 saturated carbocycles. The van der Waals surface area contributed by atoms with Crippen molar-refractivity contribution < 1.29 is 9.90 Å². The summed E-state index contributed by atoms with van der Waals surface area (Å²) in [4.78, 5) is 11.4. The summed E-state index contributed by atoms with van der Waals surface area (Å²) in [6.45, 7) is 1.99. The topological polar surface area (TPSA) is 37.3 Å². The molecule has 18 heavy (non-hydrogen) atoms. The Morgan fingerprint density at radius 3 is 2.50 bits per heavy atom. The number of halogens is 1. The fourth-order valence-corrected chi connectivity index (χ4v) is 2.31. The molecule has 0 aromatic heterocycles. The van der Waals surface area contributed by atoms with Crippen molar-refractivity contribution in [3.8, 4) is 11.1 Å². The van der Waals surface area contributed by atoms with Crippen LogP contribution in [0.15, 0.2) is 42.5 Å². The van der Waals surface area contributed by atoms with Crippen LogP contribution in [-0.2, 0) is 5.33 Å². The van der Waals surface area contributed by atoms with E-state index in [1.54, 1.807) is 6.07 Å². The molecule has 0 aliphatic heterocycles. The summed E-state index contributed by atoms with van der Waals surface area (Å²) < 4.78 is 0. The van der Waals surface area contributed by atoms with E-state index in [1.807, 2.05) is 43.3 Å². The van der Waals surface area contributed by atoms with E-state index in [1.165, 1.54) is 0 Å². The Bertz CT molecular complexity index is 591. The lowest BCUT2D eigenvalue weighted by molar-refractivity contribution is 0.0697. The van der Waals surface area contributed by atoms with Crippen molar-refractivity contribution in [1.82, 2.24) is 0 Å². The predicted octanol–water partition coefficient (Wildman–Crippen LogP) is 4.26. The highest BCUT2D eigenvalue weighted by atomic mass is 79.9. The lowest BCUT2D eigenvalue weighted by Crippen LogP contribution is -2.01. The van der Waals surface area contributed by atoms with Gasteiger partial charge in [-0.3, -0.25) is 0 Å². The Morgan fingerprint density at radius 2 is 1.89 bits per heavy atom. The second kappa shape index (κ2) is 5.36. The first-order valence-electron chi connectivity index (χ1n) is 5.61. The highest BCUT2D eigenvalue weighted by Gasteiger charge is 2.13. The highest BCUT2D eigenvalue weighted by Crippen LogP contribution is 2.28. The number of aromatic carboxylic acids is 1. The van der Waals surface area contributed by atoms with Crippen LogP contribution >= 0.6 is 15.9 Å². The van der Waals surface area contributed by atoms with Gasteiger partial charge in [0.25, 0.3) is 0 Å². The molecule has 0 aliphatic carbocycles. The van der Waals surface area contributed by atoms with Crippen molar-refractivity contribution in [1.29, 1.82) is 0 Å². The number of carboxylic acids is 1. The molecule has 0 amide bonds. The summed E-state index contributed by atoms with van der Waals surface area (Å²) in [6.07, 6.45) is 0. The maximum atomic E-state index is 11.4. The molecule has 0 radical (unpaired) electrons. The van der Waals surface area contributed by atoms with Crippen molar-refractivity contribution in [2.45, 2.75) is 12.3 Å². The summed E-state index contributed by atoms with van der Waals surface area (Å²) >= 11 is 3.34. The Balaban J connectivity index is 2.64. The zero-order chi connectivity index (χ0) is 13.1. The minimum atomic E-state index is -0.893. The smallest absolute Gasteiger partial charge is 0.336 e. The fourth-order valence-electron chi connectivity index (χ4n) is 1.96. The lowest BCUT2D eigenvalue weighted by atomic mass is 9.95. The molecule has 2 aromatic rings. The molecule has 3 heteroatoms. The summed E-state index contributed by atoms with van der Waals surface area (Å²) in [5, 5.41) is 9.98. The maximum absolute atomic E-state index is 11.4. The number of aryl methyl sites for hydroxylation is 1. The third-order valence-corrected chi connectivity index (χ3v) is 3.55. The van der Waals surface area contributed by atoms with Crippen LogP contribution in [0.5, 0.6) is 0 Å². The van der Waals surface area contributed by atoms with Crippen LogP contribution in [0, 0.1) is 6.92 Å². The van der Waals surface area contributed by atoms with E-state index in [0.29, 0.717) is 10.9 Å². The molecular weight excluding hydrogens is 292 g/mol. The van der Waals surface area contributed by atoms with Gasteiger partial charge in [-0.1, -0.05) is 52.3 Å². The normalized spacial score (nSPS) is 10.3. The number of benzene rings is 2. The largest absolute Gasteiger partial charge is 0.478 e. The second-order valence-corrected chi connectivity index (χ2v) is 4.69. The first-order chi connectivity index (χ1) is 8.63. The van der Waals surface area contributed by atoms with Crippen LogP contribution in [0.1, 0.15) is 21.5 Å². The number of rotatable bonds is 3. The molecule has 0 heterocycles. The molecule has 2 aromatic carbocycles. The zero-order valence-electron chi connectivity index (χ0n) is 9.98. The molecule has 2 rings (SSSR count). The molecule has 2 nitrogen and oxygen atoms in total. The Labute approximate surface area is 114 Å². The number of carboxylic acid groups (broad SMARTS) is 1. The quantitative estimate of drug-likeness (QED) is 0.861. The maximum Gasteiger partial charge on any atom is 0.336 e. The molecular formula is C15H13BrO2. The predicted molar refractivity (Wildman–Crippen MR) is 76.2 cm³/mol. The van der Waals surface area contributed by atoms with Gasteiger partial charge in [0.05, 0.1) is 5.56 Å². The first kappa shape index (κ1) is 12.8. The zero-order valence-corrected chi connectivity index (χ0v) is 11.6. The monoisotopic (exact) mass is 304 g/mol. The number of alkyl halides is 1. The van der Waals surface area contributed by atoms with E-state index in [-0.39, 0.29) is 0 Å². The van der Waals surface area contributed by atoms with E-state index < -0.39 is 5.97 Å². The van der Waals surface area contributed by atoms with Gasteiger partial charge in [-0.25, -0.2) is 4.79 Å². The summed E-state index contributed by atoms with van der Waals surface area (Å²) in [5.41, 5.74) is 4.12. The van der Waals surface area contributed by atoms with Crippen LogP contribution in [0.3, 0.4) is 0 Å². The van der Waals surface area contributed by atoms with Gasteiger partial charge >= 0.3 is 5.97 Å². The minimum absolute atomic E-state index is 0.348. The van der Waals surface area contributed by atoms with Gasteiger partial charge in [0.1, 0.15) is 0 Å². The molecule has 0 fully saturated rings. The van der Waals surface area contributed by atoms with E-state index in [2.05, 4.69) is 15.9 Å². The van der Waals surface area contributed by atoms with E-state index in [9.17, 15) is 9.90 Å². The standard InChI is InChI=1S/C15H13BrO2/c1-10-4-2-3-5-12(10)13-7-6-11(9-16)8-14(13)15(17)18/h2-8H,9H2,1H3,(H,17,18). The SMILES string of the molecule is Cc1ccccc1-c1ccc(CBr)cc1C(=O)O. The van der Waals surface area contributed by atoms with Crippen LogP contribution in [-0.4, -0.2) is 11.1 Å². The average Bonchev–Trinajstić information content (AvgIpc) is 2.38. The van der Waals surface area contributed by atoms with E-state index >= 15 is 0 Å². The van der Waals surface area contributed by atoms with Gasteiger partial charge in [0.15, 0.2) is 0 Å². The van der Waals surface area contributed by atoms with Crippen LogP contribution < -0.4 is 0 Å². The minimum Gasteiger partial charge on any atom is -0.478 e. The molecule has 1 N–H and O–H groups in total. The van der Waals surface area contributed by atoms with Gasteiger partial charge in [-0.2, -0.15) is 0 Å². The molecule has 0 bridgehead atoms. The van der Waals surface area contributed by atoms with Crippen molar-refractivity contribution in [2.24, 2.45) is 0 Å². The fraction of sp³-hybridized carbons (Fsp3) is 0.133.